The van der Waals surface area contributed by atoms with Gasteiger partial charge in [0.2, 0.25) is 0 Å². The third kappa shape index (κ3) is 8.07. The van der Waals surface area contributed by atoms with Crippen molar-refractivity contribution in [1.82, 2.24) is 4.57 Å². The number of benzene rings is 14. The van der Waals surface area contributed by atoms with E-state index in [4.69, 9.17) is 0 Å². The van der Waals surface area contributed by atoms with E-state index in [-0.39, 0.29) is 0 Å². The van der Waals surface area contributed by atoms with Gasteiger partial charge in [-0.25, -0.2) is 0 Å². The zero-order valence-electron chi connectivity index (χ0n) is 43.3. The van der Waals surface area contributed by atoms with Gasteiger partial charge in [-0.1, -0.05) is 212 Å². The molecule has 370 valence electrons. The highest BCUT2D eigenvalue weighted by Gasteiger charge is 2.19. The van der Waals surface area contributed by atoms with E-state index >= 15 is 0 Å². The molecule has 0 saturated carbocycles. The van der Waals surface area contributed by atoms with Gasteiger partial charge in [-0.3, -0.25) is 0 Å². The second-order valence-corrected chi connectivity index (χ2v) is 20.5. The van der Waals surface area contributed by atoms with E-state index in [1.165, 1.54) is 87.3 Å². The molecule has 0 fully saturated rings. The van der Waals surface area contributed by atoms with Crippen molar-refractivity contribution in [3.05, 3.63) is 309 Å². The molecule has 0 atom stereocenters. The molecule has 0 N–H and O–H groups in total. The van der Waals surface area contributed by atoms with Crippen LogP contribution >= 0.6 is 0 Å². The second kappa shape index (κ2) is 19.3. The fourth-order valence-electron chi connectivity index (χ4n) is 12.2. The maximum Gasteiger partial charge on any atom is 0.0541 e. The summed E-state index contributed by atoms with van der Waals surface area (Å²) in [7, 11) is 0. The predicted octanol–water partition coefficient (Wildman–Crippen LogP) is 21.3. The summed E-state index contributed by atoms with van der Waals surface area (Å²) in [6.45, 7) is 0. The Kier molecular flexibility index (Phi) is 11.2. The molecule has 1 heterocycles. The minimum atomic E-state index is 1.08. The van der Waals surface area contributed by atoms with Gasteiger partial charge < -0.3 is 14.4 Å². The van der Waals surface area contributed by atoms with E-state index in [2.05, 4.69) is 324 Å². The Morgan fingerprint density at radius 1 is 0.203 bits per heavy atom. The Labute approximate surface area is 459 Å². The van der Waals surface area contributed by atoms with Gasteiger partial charge in [0.15, 0.2) is 0 Å². The molecule has 1 aromatic heterocycles. The SMILES string of the molecule is c1ccc(N(c2ccc(-c3ccc(N(c4ccc(-c5ccc(-c6ccc7c(c6)c6ccccc6n7-c6ccccc6)cc5)cc4)c4ccc5c6ccccc6c6ccccc6c5c4)cc3)cc2)c2cccc3ccccc23)cc1. The molecule has 15 rings (SSSR count). The molecule has 0 spiro atoms. The quantitative estimate of drug-likeness (QED) is 0.127. The van der Waals surface area contributed by atoms with Gasteiger partial charge in [0.05, 0.1) is 16.7 Å². The van der Waals surface area contributed by atoms with Crippen molar-refractivity contribution in [1.29, 1.82) is 0 Å². The molecule has 14 aromatic carbocycles. The van der Waals surface area contributed by atoms with Crippen molar-refractivity contribution in [3.8, 4) is 39.1 Å². The first kappa shape index (κ1) is 45.9. The number of para-hydroxylation sites is 3. The fraction of sp³-hybridized carbons (Fsp3) is 0. The molecule has 0 amide bonds. The molecule has 3 heteroatoms. The number of anilines is 6. The standard InChI is InChI=1S/C76H51N3/c1-3-18-59(19-4-1)78(74-29-15-17-57-16-7-8-22-65(57)74)63-45-38-55(39-46-63)54-36-43-62(44-37-54)77(64-47-48-70-68-25-10-9-23-66(68)67-24-11-12-26-69(67)72(70)51-64)61-41-34-53(35-42-61)52-30-32-56(33-31-52)58-40-49-76-73(50-58)71-27-13-14-28-75(71)79(76)60-20-5-2-6-21-60/h1-51H. The third-order valence-electron chi connectivity index (χ3n) is 16.0. The number of fused-ring (bicyclic) bond motifs is 10. The first-order valence-electron chi connectivity index (χ1n) is 27.1. The Balaban J connectivity index is 0.777. The van der Waals surface area contributed by atoms with Crippen LogP contribution in [0.4, 0.5) is 34.1 Å². The van der Waals surface area contributed by atoms with E-state index < -0.39 is 0 Å². The van der Waals surface area contributed by atoms with Crippen LogP contribution in [0.5, 0.6) is 0 Å². The summed E-state index contributed by atoms with van der Waals surface area (Å²) in [5.74, 6) is 0. The van der Waals surface area contributed by atoms with Crippen LogP contribution in [-0.2, 0) is 0 Å². The van der Waals surface area contributed by atoms with Crippen LogP contribution in [-0.4, -0.2) is 4.57 Å². The van der Waals surface area contributed by atoms with Gasteiger partial charge in [-0.2, -0.15) is 0 Å². The molecule has 0 aliphatic rings. The monoisotopic (exact) mass is 1010 g/mol. The molecule has 0 radical (unpaired) electrons. The lowest BCUT2D eigenvalue weighted by molar-refractivity contribution is 1.18. The molecule has 0 bridgehead atoms. The van der Waals surface area contributed by atoms with E-state index in [1.54, 1.807) is 0 Å². The average Bonchev–Trinajstić information content (AvgIpc) is 4.06. The summed E-state index contributed by atoms with van der Waals surface area (Å²) in [5.41, 5.74) is 17.3. The van der Waals surface area contributed by atoms with Crippen LogP contribution < -0.4 is 9.80 Å². The summed E-state index contributed by atoms with van der Waals surface area (Å²) in [4.78, 5) is 4.76. The molecule has 0 aliphatic carbocycles. The number of aromatic nitrogens is 1. The lowest BCUT2D eigenvalue weighted by Crippen LogP contribution is -2.10. The van der Waals surface area contributed by atoms with E-state index in [0.29, 0.717) is 0 Å². The van der Waals surface area contributed by atoms with Crippen LogP contribution in [0.1, 0.15) is 0 Å². The van der Waals surface area contributed by atoms with Crippen molar-refractivity contribution in [2.24, 2.45) is 0 Å². The summed E-state index contributed by atoms with van der Waals surface area (Å²) < 4.78 is 2.37. The second-order valence-electron chi connectivity index (χ2n) is 20.5. The van der Waals surface area contributed by atoms with Crippen molar-refractivity contribution in [2.45, 2.75) is 0 Å². The molecule has 15 aromatic rings. The lowest BCUT2D eigenvalue weighted by Gasteiger charge is -2.27. The maximum absolute atomic E-state index is 2.40. The van der Waals surface area contributed by atoms with Gasteiger partial charge in [-0.15, -0.1) is 0 Å². The van der Waals surface area contributed by atoms with Crippen LogP contribution in [0, 0.1) is 0 Å². The topological polar surface area (TPSA) is 11.4 Å². The fourth-order valence-corrected chi connectivity index (χ4v) is 12.2. The third-order valence-corrected chi connectivity index (χ3v) is 16.0. The maximum atomic E-state index is 2.40. The van der Waals surface area contributed by atoms with Crippen molar-refractivity contribution in [2.75, 3.05) is 9.80 Å². The zero-order valence-corrected chi connectivity index (χ0v) is 43.3. The number of hydrogen-bond donors (Lipinski definition) is 0. The largest absolute Gasteiger partial charge is 0.310 e. The van der Waals surface area contributed by atoms with Crippen molar-refractivity contribution >= 4 is 99.0 Å². The van der Waals surface area contributed by atoms with Gasteiger partial charge in [0, 0.05) is 50.3 Å². The first-order chi connectivity index (χ1) is 39.2. The lowest BCUT2D eigenvalue weighted by atomic mass is 9.94. The first-order valence-corrected chi connectivity index (χ1v) is 27.1. The van der Waals surface area contributed by atoms with Crippen LogP contribution in [0.2, 0.25) is 0 Å². The highest BCUT2D eigenvalue weighted by atomic mass is 15.1. The van der Waals surface area contributed by atoms with Gasteiger partial charge in [0.25, 0.3) is 0 Å². The normalized spacial score (nSPS) is 11.5. The van der Waals surface area contributed by atoms with Gasteiger partial charge >= 0.3 is 0 Å². The average molecular weight is 1010 g/mol. The Hall–Kier alpha value is -10.5. The Morgan fingerprint density at radius 3 is 1.19 bits per heavy atom. The summed E-state index contributed by atoms with van der Waals surface area (Å²) in [6.07, 6.45) is 0. The molecule has 0 unspecified atom stereocenters. The molecular formula is C76H51N3. The molecule has 79 heavy (non-hydrogen) atoms. The highest BCUT2D eigenvalue weighted by Crippen LogP contribution is 2.44. The number of hydrogen-bond acceptors (Lipinski definition) is 2. The zero-order chi connectivity index (χ0) is 52.2. The van der Waals surface area contributed by atoms with E-state index in [9.17, 15) is 0 Å². The van der Waals surface area contributed by atoms with Crippen molar-refractivity contribution < 1.29 is 0 Å². The molecule has 0 aliphatic heterocycles. The van der Waals surface area contributed by atoms with Crippen LogP contribution in [0.25, 0.3) is 104 Å². The van der Waals surface area contributed by atoms with E-state index in [1.807, 2.05) is 0 Å². The minimum Gasteiger partial charge on any atom is -0.310 e. The molecule has 0 saturated heterocycles. The Morgan fingerprint density at radius 2 is 0.595 bits per heavy atom. The Bertz CT molecular complexity index is 4690. The smallest absolute Gasteiger partial charge is 0.0541 e. The minimum absolute atomic E-state index is 1.08. The van der Waals surface area contributed by atoms with Gasteiger partial charge in [0.1, 0.15) is 0 Å². The molecule has 3 nitrogen and oxygen atoms in total. The summed E-state index contributed by atoms with van der Waals surface area (Å²) in [6, 6.07) is 113. The van der Waals surface area contributed by atoms with Crippen LogP contribution in [0.15, 0.2) is 309 Å². The van der Waals surface area contributed by atoms with Crippen LogP contribution in [0.3, 0.4) is 0 Å². The number of rotatable bonds is 10. The van der Waals surface area contributed by atoms with E-state index in [0.717, 1.165) is 50.8 Å². The van der Waals surface area contributed by atoms with Crippen molar-refractivity contribution in [3.63, 3.8) is 0 Å². The highest BCUT2D eigenvalue weighted by molar-refractivity contribution is 6.26. The predicted molar refractivity (Wildman–Crippen MR) is 336 cm³/mol. The number of nitrogens with zero attached hydrogens (tertiary/aromatic N) is 3. The summed E-state index contributed by atoms with van der Waals surface area (Å²) in [5, 5.41) is 12.5. The van der Waals surface area contributed by atoms with Gasteiger partial charge in [-0.05, 0) is 168 Å². The summed E-state index contributed by atoms with van der Waals surface area (Å²) >= 11 is 0. The molecular weight excluding hydrogens is 955 g/mol.